The Morgan fingerprint density at radius 2 is 1.29 bits per heavy atom. The van der Waals surface area contributed by atoms with Gasteiger partial charge >= 0.3 is 10.7 Å². The van der Waals surface area contributed by atoms with Crippen molar-refractivity contribution < 1.29 is 9.59 Å². The molecule has 1 saturated carbocycles. The molecule has 0 spiro atoms. The Labute approximate surface area is 92.3 Å². The van der Waals surface area contributed by atoms with E-state index in [2.05, 4.69) is 10.6 Å². The first-order valence-electron chi connectivity index (χ1n) is 4.51. The van der Waals surface area contributed by atoms with Gasteiger partial charge in [-0.25, -0.2) is 0 Å². The van der Waals surface area contributed by atoms with Gasteiger partial charge in [0, 0.05) is 0 Å². The van der Waals surface area contributed by atoms with Crippen molar-refractivity contribution in [3.8, 4) is 0 Å². The fourth-order valence-corrected chi connectivity index (χ4v) is 2.05. The molecule has 0 aliphatic heterocycles. The van der Waals surface area contributed by atoms with Crippen LogP contribution in [0.4, 0.5) is 9.59 Å². The van der Waals surface area contributed by atoms with Crippen LogP contribution in [0.15, 0.2) is 0 Å². The zero-order valence-electron chi connectivity index (χ0n) is 7.56. The molecule has 1 aliphatic carbocycles. The van der Waals surface area contributed by atoms with Crippen molar-refractivity contribution in [3.05, 3.63) is 0 Å². The Hall–Kier alpha value is -0.480. The lowest BCUT2D eigenvalue weighted by atomic mass is 9.90. The molecule has 0 saturated heterocycles. The normalized spacial score (nSPS) is 26.7. The average Bonchev–Trinajstić information content (AvgIpc) is 2.06. The number of hydrogen-bond acceptors (Lipinski definition) is 2. The van der Waals surface area contributed by atoms with Crippen molar-refractivity contribution in [2.75, 3.05) is 0 Å². The Kier molecular flexibility index (Phi) is 4.48. The maximum absolute atomic E-state index is 10.7. The summed E-state index contributed by atoms with van der Waals surface area (Å²) in [5.41, 5.74) is 0. The van der Waals surface area contributed by atoms with Gasteiger partial charge in [-0.1, -0.05) is 12.8 Å². The Bertz CT molecular complexity index is 211. The highest BCUT2D eigenvalue weighted by molar-refractivity contribution is 6.63. The summed E-state index contributed by atoms with van der Waals surface area (Å²) in [5.74, 6) is 0. The van der Waals surface area contributed by atoms with Crippen LogP contribution < -0.4 is 10.6 Å². The quantitative estimate of drug-likeness (QED) is 0.573. The van der Waals surface area contributed by atoms with Gasteiger partial charge < -0.3 is 10.6 Å². The molecular weight excluding hydrogens is 227 g/mol. The molecule has 0 aromatic carbocycles. The van der Waals surface area contributed by atoms with Crippen LogP contribution in [-0.4, -0.2) is 22.8 Å². The molecule has 0 radical (unpaired) electrons. The molecule has 1 fully saturated rings. The Morgan fingerprint density at radius 3 is 1.57 bits per heavy atom. The maximum Gasteiger partial charge on any atom is 0.314 e. The summed E-state index contributed by atoms with van der Waals surface area (Å²) >= 11 is 10.4. The number of hydrogen-bond donors (Lipinski definition) is 2. The topological polar surface area (TPSA) is 58.2 Å². The summed E-state index contributed by atoms with van der Waals surface area (Å²) in [7, 11) is 0. The first kappa shape index (κ1) is 11.6. The van der Waals surface area contributed by atoms with Crippen molar-refractivity contribution >= 4 is 33.9 Å². The molecule has 0 heterocycles. The third-order valence-electron chi connectivity index (χ3n) is 2.36. The van der Waals surface area contributed by atoms with E-state index < -0.39 is 10.7 Å². The summed E-state index contributed by atoms with van der Waals surface area (Å²) < 4.78 is 0. The zero-order chi connectivity index (χ0) is 10.6. The molecule has 1 rings (SSSR count). The fraction of sp³-hybridized carbons (Fsp3) is 0.750. The average molecular weight is 239 g/mol. The van der Waals surface area contributed by atoms with Crippen LogP contribution in [0.3, 0.4) is 0 Å². The van der Waals surface area contributed by atoms with Gasteiger partial charge in [-0.3, -0.25) is 9.59 Å². The first-order valence-corrected chi connectivity index (χ1v) is 5.27. The van der Waals surface area contributed by atoms with Crippen LogP contribution in [0.2, 0.25) is 0 Å². The van der Waals surface area contributed by atoms with E-state index in [0.717, 1.165) is 25.7 Å². The summed E-state index contributed by atoms with van der Waals surface area (Å²) in [6.07, 6.45) is 3.69. The Morgan fingerprint density at radius 1 is 0.929 bits per heavy atom. The van der Waals surface area contributed by atoms with E-state index in [9.17, 15) is 9.59 Å². The third-order valence-corrected chi connectivity index (χ3v) is 2.58. The summed E-state index contributed by atoms with van der Waals surface area (Å²) in [6.45, 7) is 0. The molecule has 2 atom stereocenters. The highest BCUT2D eigenvalue weighted by atomic mass is 35.5. The molecule has 2 amide bonds. The second-order valence-electron chi connectivity index (χ2n) is 3.33. The zero-order valence-corrected chi connectivity index (χ0v) is 9.07. The molecule has 0 aromatic heterocycles. The van der Waals surface area contributed by atoms with Crippen LogP contribution in [0, 0.1) is 0 Å². The van der Waals surface area contributed by atoms with Crippen molar-refractivity contribution in [1.82, 2.24) is 10.6 Å². The lowest BCUT2D eigenvalue weighted by Crippen LogP contribution is -2.51. The highest BCUT2D eigenvalue weighted by Gasteiger charge is 2.26. The van der Waals surface area contributed by atoms with Gasteiger partial charge in [0.25, 0.3) is 0 Å². The first-order chi connectivity index (χ1) is 6.59. The number of amides is 2. The summed E-state index contributed by atoms with van der Waals surface area (Å²) in [4.78, 5) is 21.3. The van der Waals surface area contributed by atoms with E-state index in [1.54, 1.807) is 0 Å². The molecule has 6 heteroatoms. The van der Waals surface area contributed by atoms with Gasteiger partial charge in [0.1, 0.15) is 0 Å². The van der Waals surface area contributed by atoms with Crippen molar-refractivity contribution in [1.29, 1.82) is 0 Å². The van der Waals surface area contributed by atoms with Gasteiger partial charge in [-0.05, 0) is 36.0 Å². The smallest absolute Gasteiger partial charge is 0.314 e. The van der Waals surface area contributed by atoms with E-state index in [1.165, 1.54) is 0 Å². The van der Waals surface area contributed by atoms with Crippen molar-refractivity contribution in [2.45, 2.75) is 37.8 Å². The van der Waals surface area contributed by atoms with E-state index in [4.69, 9.17) is 23.2 Å². The molecular formula is C8H12Cl2N2O2. The molecule has 4 nitrogen and oxygen atoms in total. The van der Waals surface area contributed by atoms with Gasteiger partial charge in [0.15, 0.2) is 0 Å². The predicted molar refractivity (Wildman–Crippen MR) is 54.8 cm³/mol. The number of carbonyl (C=O) groups is 2. The van der Waals surface area contributed by atoms with Crippen molar-refractivity contribution in [3.63, 3.8) is 0 Å². The largest absolute Gasteiger partial charge is 0.338 e. The second-order valence-corrected chi connectivity index (χ2v) is 4.02. The molecule has 14 heavy (non-hydrogen) atoms. The van der Waals surface area contributed by atoms with E-state index in [1.807, 2.05) is 0 Å². The highest BCUT2D eigenvalue weighted by Crippen LogP contribution is 2.19. The summed E-state index contributed by atoms with van der Waals surface area (Å²) in [5, 5.41) is 4.00. The van der Waals surface area contributed by atoms with Crippen LogP contribution in [0.1, 0.15) is 25.7 Å². The fourth-order valence-electron chi connectivity index (χ4n) is 1.77. The van der Waals surface area contributed by atoms with E-state index >= 15 is 0 Å². The Balaban J connectivity index is 2.49. The molecule has 0 bridgehead atoms. The standard InChI is InChI=1S/C8H12Cl2N2O2/c9-7(13)11-5-3-1-2-4-6(5)12-8(10)14/h5-6H,1-4H2,(H,11,13)(H,12,14). The number of carbonyl (C=O) groups excluding carboxylic acids is 2. The minimum Gasteiger partial charge on any atom is -0.338 e. The second kappa shape index (κ2) is 5.41. The van der Waals surface area contributed by atoms with E-state index in [0.29, 0.717) is 0 Å². The molecule has 0 aromatic rings. The SMILES string of the molecule is O=C(Cl)NC1CCCCC1NC(=O)Cl. The molecule has 1 aliphatic rings. The van der Waals surface area contributed by atoms with Crippen LogP contribution in [-0.2, 0) is 0 Å². The van der Waals surface area contributed by atoms with Crippen molar-refractivity contribution in [2.24, 2.45) is 0 Å². The van der Waals surface area contributed by atoms with E-state index in [-0.39, 0.29) is 12.1 Å². The third kappa shape index (κ3) is 3.72. The number of halogens is 2. The lowest BCUT2D eigenvalue weighted by molar-refractivity contribution is 0.233. The molecule has 2 N–H and O–H groups in total. The molecule has 2 unspecified atom stereocenters. The van der Waals surface area contributed by atoms with Gasteiger partial charge in [-0.15, -0.1) is 0 Å². The van der Waals surface area contributed by atoms with Crippen LogP contribution in [0.25, 0.3) is 0 Å². The van der Waals surface area contributed by atoms with Gasteiger partial charge in [-0.2, -0.15) is 0 Å². The maximum atomic E-state index is 10.7. The monoisotopic (exact) mass is 238 g/mol. The van der Waals surface area contributed by atoms with Gasteiger partial charge in [0.2, 0.25) is 0 Å². The predicted octanol–water partition coefficient (Wildman–Crippen LogP) is 2.19. The molecule has 80 valence electrons. The van der Waals surface area contributed by atoms with Crippen LogP contribution >= 0.6 is 23.2 Å². The minimum absolute atomic E-state index is 0.101. The summed E-state index contributed by atoms with van der Waals surface area (Å²) in [6, 6.07) is -0.201. The van der Waals surface area contributed by atoms with Gasteiger partial charge in [0.05, 0.1) is 12.1 Å². The number of nitrogens with one attached hydrogen (secondary N) is 2. The number of rotatable bonds is 2. The lowest BCUT2D eigenvalue weighted by Gasteiger charge is -2.31. The van der Waals surface area contributed by atoms with Crippen LogP contribution in [0.5, 0.6) is 0 Å². The minimum atomic E-state index is -0.592.